The Morgan fingerprint density at radius 2 is 1.50 bits per heavy atom. The number of ether oxygens (including phenoxy) is 1. The molecule has 16 heavy (non-hydrogen) atoms. The molecule has 1 aliphatic rings. The summed E-state index contributed by atoms with van der Waals surface area (Å²) in [6.45, 7) is 4.55. The van der Waals surface area contributed by atoms with Crippen molar-refractivity contribution in [1.82, 2.24) is 0 Å². The summed E-state index contributed by atoms with van der Waals surface area (Å²) in [5.74, 6) is 0. The average Bonchev–Trinajstić information content (AvgIpc) is 2.51. The SMILES string of the molecule is CCCCCC[C@@H]1CCCC[C@H](CCC)O1. The van der Waals surface area contributed by atoms with E-state index in [-0.39, 0.29) is 0 Å². The van der Waals surface area contributed by atoms with Gasteiger partial charge in [-0.15, -0.1) is 0 Å². The fourth-order valence-electron chi connectivity index (χ4n) is 2.70. The molecule has 0 aromatic rings. The summed E-state index contributed by atoms with van der Waals surface area (Å²) in [7, 11) is 0. The zero-order chi connectivity index (χ0) is 11.6. The van der Waals surface area contributed by atoms with Gasteiger partial charge in [0.15, 0.2) is 0 Å². The Bertz CT molecular complexity index is 156. The van der Waals surface area contributed by atoms with Gasteiger partial charge in [0.05, 0.1) is 12.2 Å². The van der Waals surface area contributed by atoms with Crippen LogP contribution in [0.4, 0.5) is 0 Å². The number of hydrogen-bond acceptors (Lipinski definition) is 1. The second kappa shape index (κ2) is 9.04. The second-order valence-electron chi connectivity index (χ2n) is 5.30. The molecular weight excluding hydrogens is 196 g/mol. The van der Waals surface area contributed by atoms with E-state index in [4.69, 9.17) is 4.74 Å². The molecule has 0 radical (unpaired) electrons. The van der Waals surface area contributed by atoms with E-state index >= 15 is 0 Å². The first-order chi connectivity index (χ1) is 7.86. The number of unbranched alkanes of at least 4 members (excludes halogenated alkanes) is 3. The maximum atomic E-state index is 6.23. The molecule has 0 aliphatic carbocycles. The Morgan fingerprint density at radius 3 is 2.12 bits per heavy atom. The molecule has 1 heteroatoms. The van der Waals surface area contributed by atoms with E-state index in [0.29, 0.717) is 12.2 Å². The smallest absolute Gasteiger partial charge is 0.0578 e. The summed E-state index contributed by atoms with van der Waals surface area (Å²) in [6, 6.07) is 0. The molecule has 0 aromatic heterocycles. The highest BCUT2D eigenvalue weighted by Gasteiger charge is 2.19. The molecule has 0 amide bonds. The molecule has 96 valence electrons. The van der Waals surface area contributed by atoms with Crippen LogP contribution in [0.5, 0.6) is 0 Å². The summed E-state index contributed by atoms with van der Waals surface area (Å²) in [5, 5.41) is 0. The first-order valence-electron chi connectivity index (χ1n) is 7.52. The molecule has 0 spiro atoms. The Hall–Kier alpha value is -0.0400. The molecular formula is C15H30O. The molecule has 1 fully saturated rings. The molecule has 2 atom stereocenters. The van der Waals surface area contributed by atoms with E-state index < -0.39 is 0 Å². The minimum absolute atomic E-state index is 0.573. The predicted octanol–water partition coefficient (Wildman–Crippen LogP) is 5.08. The van der Waals surface area contributed by atoms with Gasteiger partial charge in [-0.1, -0.05) is 58.8 Å². The third kappa shape index (κ3) is 5.89. The summed E-state index contributed by atoms with van der Waals surface area (Å²) in [5.41, 5.74) is 0. The zero-order valence-electron chi connectivity index (χ0n) is 11.3. The van der Waals surface area contributed by atoms with Crippen LogP contribution in [0.15, 0.2) is 0 Å². The molecule has 0 bridgehead atoms. The fourth-order valence-corrected chi connectivity index (χ4v) is 2.70. The Kier molecular flexibility index (Phi) is 7.92. The lowest BCUT2D eigenvalue weighted by Crippen LogP contribution is -2.19. The fraction of sp³-hybridized carbons (Fsp3) is 1.00. The van der Waals surface area contributed by atoms with E-state index in [9.17, 15) is 0 Å². The van der Waals surface area contributed by atoms with Gasteiger partial charge in [-0.3, -0.25) is 0 Å². The summed E-state index contributed by atoms with van der Waals surface area (Å²) < 4.78 is 6.23. The van der Waals surface area contributed by atoms with Crippen LogP contribution in [0.2, 0.25) is 0 Å². The highest BCUT2D eigenvalue weighted by Crippen LogP contribution is 2.24. The Labute approximate surface area is 102 Å². The third-order valence-corrected chi connectivity index (χ3v) is 3.68. The molecule has 0 N–H and O–H groups in total. The summed E-state index contributed by atoms with van der Waals surface area (Å²) in [6.07, 6.45) is 15.9. The molecule has 0 aromatic carbocycles. The highest BCUT2D eigenvalue weighted by molar-refractivity contribution is 4.69. The molecule has 1 heterocycles. The molecule has 1 aliphatic heterocycles. The van der Waals surface area contributed by atoms with Gasteiger partial charge in [-0.25, -0.2) is 0 Å². The lowest BCUT2D eigenvalue weighted by molar-refractivity contribution is -0.0175. The van der Waals surface area contributed by atoms with E-state index in [0.717, 1.165) is 0 Å². The molecule has 1 rings (SSSR count). The number of rotatable bonds is 7. The first-order valence-corrected chi connectivity index (χ1v) is 7.52. The number of hydrogen-bond donors (Lipinski definition) is 0. The van der Waals surface area contributed by atoms with Crippen LogP contribution in [-0.4, -0.2) is 12.2 Å². The zero-order valence-corrected chi connectivity index (χ0v) is 11.3. The van der Waals surface area contributed by atoms with Crippen molar-refractivity contribution < 1.29 is 4.74 Å². The van der Waals surface area contributed by atoms with E-state index in [1.54, 1.807) is 0 Å². The van der Waals surface area contributed by atoms with Crippen molar-refractivity contribution in [2.75, 3.05) is 0 Å². The highest BCUT2D eigenvalue weighted by atomic mass is 16.5. The van der Waals surface area contributed by atoms with Crippen molar-refractivity contribution >= 4 is 0 Å². The average molecular weight is 226 g/mol. The van der Waals surface area contributed by atoms with Crippen LogP contribution < -0.4 is 0 Å². The van der Waals surface area contributed by atoms with Gasteiger partial charge in [0, 0.05) is 0 Å². The van der Waals surface area contributed by atoms with Crippen LogP contribution in [0, 0.1) is 0 Å². The molecule has 1 saturated heterocycles. The van der Waals surface area contributed by atoms with E-state index in [1.807, 2.05) is 0 Å². The van der Waals surface area contributed by atoms with Crippen molar-refractivity contribution in [3.8, 4) is 0 Å². The quantitative estimate of drug-likeness (QED) is 0.550. The van der Waals surface area contributed by atoms with Crippen LogP contribution >= 0.6 is 0 Å². The third-order valence-electron chi connectivity index (χ3n) is 3.68. The van der Waals surface area contributed by atoms with Gasteiger partial charge >= 0.3 is 0 Å². The minimum Gasteiger partial charge on any atom is -0.375 e. The Morgan fingerprint density at radius 1 is 0.812 bits per heavy atom. The normalized spacial score (nSPS) is 26.6. The van der Waals surface area contributed by atoms with Gasteiger partial charge in [0.25, 0.3) is 0 Å². The Balaban J connectivity index is 2.17. The van der Waals surface area contributed by atoms with Crippen molar-refractivity contribution in [3.63, 3.8) is 0 Å². The lowest BCUT2D eigenvalue weighted by Gasteiger charge is -2.21. The monoisotopic (exact) mass is 226 g/mol. The van der Waals surface area contributed by atoms with Crippen molar-refractivity contribution in [2.24, 2.45) is 0 Å². The van der Waals surface area contributed by atoms with Gasteiger partial charge in [0.2, 0.25) is 0 Å². The maximum absolute atomic E-state index is 6.23. The van der Waals surface area contributed by atoms with Crippen molar-refractivity contribution in [1.29, 1.82) is 0 Å². The van der Waals surface area contributed by atoms with Crippen LogP contribution in [0.3, 0.4) is 0 Å². The molecule has 0 saturated carbocycles. The lowest BCUT2D eigenvalue weighted by atomic mass is 10.0. The summed E-state index contributed by atoms with van der Waals surface area (Å²) in [4.78, 5) is 0. The molecule has 0 unspecified atom stereocenters. The van der Waals surface area contributed by atoms with Crippen molar-refractivity contribution in [2.45, 2.75) is 96.7 Å². The van der Waals surface area contributed by atoms with Gasteiger partial charge in [-0.05, 0) is 25.7 Å². The summed E-state index contributed by atoms with van der Waals surface area (Å²) >= 11 is 0. The maximum Gasteiger partial charge on any atom is 0.0578 e. The van der Waals surface area contributed by atoms with Crippen LogP contribution in [0.25, 0.3) is 0 Å². The minimum atomic E-state index is 0.573. The molecule has 1 nitrogen and oxygen atoms in total. The largest absolute Gasteiger partial charge is 0.375 e. The van der Waals surface area contributed by atoms with Crippen LogP contribution in [-0.2, 0) is 4.74 Å². The van der Waals surface area contributed by atoms with Gasteiger partial charge < -0.3 is 4.74 Å². The topological polar surface area (TPSA) is 9.23 Å². The predicted molar refractivity (Wildman–Crippen MR) is 70.8 cm³/mol. The van der Waals surface area contributed by atoms with Crippen molar-refractivity contribution in [3.05, 3.63) is 0 Å². The van der Waals surface area contributed by atoms with Gasteiger partial charge in [0.1, 0.15) is 0 Å². The standard InChI is InChI=1S/C15H30O/c1-3-5-6-7-11-15-13-9-8-12-14(16-15)10-4-2/h14-15H,3-13H2,1-2H3/t14-,15+/m0/s1. The first kappa shape index (κ1) is 14.0. The van der Waals surface area contributed by atoms with E-state index in [2.05, 4.69) is 13.8 Å². The van der Waals surface area contributed by atoms with Gasteiger partial charge in [-0.2, -0.15) is 0 Å². The van der Waals surface area contributed by atoms with E-state index in [1.165, 1.54) is 70.6 Å². The van der Waals surface area contributed by atoms with Crippen LogP contribution in [0.1, 0.15) is 84.5 Å². The second-order valence-corrected chi connectivity index (χ2v) is 5.30.